The number of nitrogens with zero attached hydrogens (tertiary/aromatic N) is 8. The molecule has 308 valence electrons. The quantitative estimate of drug-likeness (QED) is 0.0466. The predicted molar refractivity (Wildman–Crippen MR) is 233 cm³/mol. The molecule has 15 heteroatoms. The van der Waals surface area contributed by atoms with Crippen LogP contribution in [0.5, 0.6) is 0 Å². The Labute approximate surface area is 350 Å². The minimum Gasteiger partial charge on any atom is -0.370 e. The number of piperazine rings is 1. The molecule has 13 nitrogen and oxygen atoms in total. The molecular weight excluding hydrogens is 763 g/mol. The van der Waals surface area contributed by atoms with Crippen LogP contribution < -0.4 is 9.80 Å². The van der Waals surface area contributed by atoms with Crippen LogP contribution in [0.25, 0.3) is 22.3 Å². The van der Waals surface area contributed by atoms with Crippen LogP contribution in [-0.2, 0) is 0 Å². The third-order valence-electron chi connectivity index (χ3n) is 10.3. The van der Waals surface area contributed by atoms with Crippen molar-refractivity contribution in [3.63, 3.8) is 0 Å². The van der Waals surface area contributed by atoms with E-state index < -0.39 is 11.8 Å². The monoisotopic (exact) mass is 810 g/mol. The number of pyridine rings is 1. The minimum absolute atomic E-state index is 0.0853. The molecule has 0 aliphatic carbocycles. The van der Waals surface area contributed by atoms with Gasteiger partial charge in [0.1, 0.15) is 23.8 Å². The van der Waals surface area contributed by atoms with E-state index in [-0.39, 0.29) is 17.4 Å². The standard InChI is InChI=1S/C24H23N5O.C19H19F2N7.C2H6/c1-3-17-7-8-19(13-21(17)15-30)22-6-4-5-20(14-25)23(22)29-11-9-18(10-12-29)24(27)28(2)16-26;1-26(12-23)19(24)28-8-6-27(7-9-28)18-13(10-22)2-4-15(20)17(18)14-3-5-16(21)25-11-14;1-2/h1,4-8,13,15-16,18,26-27H,9-12H2,2H3;2-5,11-12,23-24H,6-9H2,1H3;1-2H3. The maximum absolute atomic E-state index is 14.7. The van der Waals surface area contributed by atoms with Crippen molar-refractivity contribution in [2.45, 2.75) is 26.7 Å². The number of hydrogen-bond acceptors (Lipinski definition) is 10. The third kappa shape index (κ3) is 10.2. The molecule has 3 heterocycles. The van der Waals surface area contributed by atoms with Gasteiger partial charge < -0.3 is 24.5 Å². The number of piperidine rings is 1. The molecule has 2 aliphatic rings. The van der Waals surface area contributed by atoms with E-state index in [0.29, 0.717) is 78.6 Å². The zero-order valence-corrected chi connectivity index (χ0v) is 34.1. The van der Waals surface area contributed by atoms with Crippen molar-refractivity contribution in [1.82, 2.24) is 19.7 Å². The number of rotatable bonds is 8. The van der Waals surface area contributed by atoms with Crippen molar-refractivity contribution in [2.75, 3.05) is 63.2 Å². The number of terminal acetylenes is 1. The maximum Gasteiger partial charge on any atom is 0.212 e. The fourth-order valence-corrected chi connectivity index (χ4v) is 7.11. The molecule has 0 spiro atoms. The van der Waals surface area contributed by atoms with Crippen molar-refractivity contribution in [3.8, 4) is 46.7 Å². The van der Waals surface area contributed by atoms with Crippen molar-refractivity contribution in [1.29, 1.82) is 32.2 Å². The van der Waals surface area contributed by atoms with Gasteiger partial charge in [-0.25, -0.2) is 9.37 Å². The molecule has 2 aliphatic heterocycles. The van der Waals surface area contributed by atoms with Crippen LogP contribution in [0.1, 0.15) is 53.7 Å². The number of anilines is 2. The molecule has 0 saturated carbocycles. The Morgan fingerprint density at radius 3 is 1.98 bits per heavy atom. The topological polar surface area (TPSA) is 189 Å². The van der Waals surface area contributed by atoms with E-state index in [2.05, 4.69) is 27.9 Å². The number of amidine groups is 1. The van der Waals surface area contributed by atoms with Gasteiger partial charge in [0, 0.05) is 93.3 Å². The predicted octanol–water partition coefficient (Wildman–Crippen LogP) is 7.27. The van der Waals surface area contributed by atoms with Gasteiger partial charge in [-0.15, -0.1) is 6.42 Å². The van der Waals surface area contributed by atoms with E-state index in [1.165, 1.54) is 34.2 Å². The molecule has 60 heavy (non-hydrogen) atoms. The molecule has 0 radical (unpaired) electrons. The van der Waals surface area contributed by atoms with Crippen LogP contribution in [0, 0.1) is 74.3 Å². The van der Waals surface area contributed by atoms with Crippen molar-refractivity contribution in [2.24, 2.45) is 5.92 Å². The van der Waals surface area contributed by atoms with Crippen molar-refractivity contribution < 1.29 is 13.6 Å². The maximum atomic E-state index is 14.7. The number of nitrogens with one attached hydrogen (secondary N) is 4. The van der Waals surface area contributed by atoms with E-state index in [4.69, 9.17) is 28.1 Å². The second-order valence-electron chi connectivity index (χ2n) is 13.6. The summed E-state index contributed by atoms with van der Waals surface area (Å²) in [4.78, 5) is 23.9. The Bertz CT molecular complexity index is 2330. The van der Waals surface area contributed by atoms with E-state index in [1.807, 2.05) is 41.8 Å². The Kier molecular flexibility index (Phi) is 16.1. The molecule has 2 saturated heterocycles. The fourth-order valence-electron chi connectivity index (χ4n) is 7.11. The molecule has 0 amide bonds. The number of aromatic nitrogens is 1. The summed E-state index contributed by atoms with van der Waals surface area (Å²) in [6, 6.07) is 20.6. The summed E-state index contributed by atoms with van der Waals surface area (Å²) in [6.45, 7) is 7.31. The second-order valence-corrected chi connectivity index (χ2v) is 13.6. The summed E-state index contributed by atoms with van der Waals surface area (Å²) in [5, 5.41) is 50.2. The molecule has 3 aromatic carbocycles. The van der Waals surface area contributed by atoms with Crippen LogP contribution in [-0.4, -0.2) is 104 Å². The summed E-state index contributed by atoms with van der Waals surface area (Å²) in [6.07, 6.45) is 11.2. The first-order valence-corrected chi connectivity index (χ1v) is 19.3. The number of hydrogen-bond donors (Lipinski definition) is 4. The van der Waals surface area contributed by atoms with Gasteiger partial charge in [0.05, 0.1) is 35.2 Å². The molecule has 0 atom stereocenters. The Morgan fingerprint density at radius 2 is 1.42 bits per heavy atom. The lowest BCUT2D eigenvalue weighted by Crippen LogP contribution is -2.52. The first kappa shape index (κ1) is 45.3. The molecule has 4 aromatic rings. The van der Waals surface area contributed by atoms with Gasteiger partial charge in [-0.3, -0.25) is 26.4 Å². The van der Waals surface area contributed by atoms with Gasteiger partial charge in [0.25, 0.3) is 0 Å². The van der Waals surface area contributed by atoms with Crippen molar-refractivity contribution >= 4 is 42.1 Å². The van der Waals surface area contributed by atoms with E-state index in [0.717, 1.165) is 54.7 Å². The normalized spacial score (nSPS) is 13.4. The number of halogens is 2. The SMILES string of the molecule is C#Cc1ccc(-c2cccc(C#N)c2N2CCC(C(=N)N(C)C=N)CC2)cc1C=O.CC.CN(C=N)C(=N)N1CCN(c2c(C#N)ccc(F)c2-c2ccc(F)nc2)CC1. The van der Waals surface area contributed by atoms with Crippen LogP contribution in [0.2, 0.25) is 0 Å². The van der Waals surface area contributed by atoms with Crippen LogP contribution in [0.15, 0.2) is 66.9 Å². The highest BCUT2D eigenvalue weighted by Gasteiger charge is 2.28. The van der Waals surface area contributed by atoms with Gasteiger partial charge in [-0.1, -0.05) is 38.0 Å². The highest BCUT2D eigenvalue weighted by atomic mass is 19.1. The van der Waals surface area contributed by atoms with Gasteiger partial charge in [0.2, 0.25) is 5.95 Å². The summed E-state index contributed by atoms with van der Waals surface area (Å²) >= 11 is 0. The lowest BCUT2D eigenvalue weighted by molar-refractivity contribution is 0.112. The number of guanidine groups is 1. The van der Waals surface area contributed by atoms with Gasteiger partial charge in [-0.2, -0.15) is 14.9 Å². The van der Waals surface area contributed by atoms with Crippen molar-refractivity contribution in [3.05, 3.63) is 101 Å². The van der Waals surface area contributed by atoms with Crippen LogP contribution >= 0.6 is 0 Å². The third-order valence-corrected chi connectivity index (χ3v) is 10.3. The zero-order chi connectivity index (χ0) is 43.9. The number of carbonyl (C=O) groups is 1. The number of nitriles is 2. The summed E-state index contributed by atoms with van der Waals surface area (Å²) in [5.74, 6) is 2.08. The van der Waals surface area contributed by atoms with Crippen LogP contribution in [0.3, 0.4) is 0 Å². The summed E-state index contributed by atoms with van der Waals surface area (Å²) in [7, 11) is 3.34. The number of aldehydes is 1. The molecular formula is C45H48F2N12O. The first-order chi connectivity index (χ1) is 29.0. The van der Waals surface area contributed by atoms with E-state index in [9.17, 15) is 24.1 Å². The van der Waals surface area contributed by atoms with Gasteiger partial charge >= 0.3 is 0 Å². The zero-order valence-electron chi connectivity index (χ0n) is 34.1. The number of carbonyl (C=O) groups excluding carboxylic acids is 1. The molecule has 6 rings (SSSR count). The number of para-hydroxylation sites is 1. The summed E-state index contributed by atoms with van der Waals surface area (Å²) < 4.78 is 27.9. The highest BCUT2D eigenvalue weighted by molar-refractivity contribution is 5.91. The lowest BCUT2D eigenvalue weighted by atomic mass is 9.91. The Hall–Kier alpha value is -7.44. The Balaban J connectivity index is 0.000000255. The average molecular weight is 811 g/mol. The second kappa shape index (κ2) is 21.4. The van der Waals surface area contributed by atoms with E-state index in [1.54, 1.807) is 32.3 Å². The summed E-state index contributed by atoms with van der Waals surface area (Å²) in [5.41, 5.74) is 5.50. The fraction of sp³-hybridized carbons (Fsp3) is 0.289. The molecule has 0 bridgehead atoms. The number of benzene rings is 3. The van der Waals surface area contributed by atoms with Gasteiger partial charge in [-0.05, 0) is 60.9 Å². The smallest absolute Gasteiger partial charge is 0.212 e. The molecule has 0 unspecified atom stereocenters. The lowest BCUT2D eigenvalue weighted by Gasteiger charge is -2.39. The Morgan fingerprint density at radius 1 is 0.817 bits per heavy atom. The van der Waals surface area contributed by atoms with Gasteiger partial charge in [0.15, 0.2) is 12.2 Å². The first-order valence-electron chi connectivity index (χ1n) is 19.3. The van der Waals surface area contributed by atoms with E-state index >= 15 is 0 Å². The molecule has 2 fully saturated rings. The largest absolute Gasteiger partial charge is 0.370 e. The highest BCUT2D eigenvalue weighted by Crippen LogP contribution is 2.38. The molecule has 1 aromatic heterocycles. The van der Waals surface area contributed by atoms with Crippen LogP contribution in [0.4, 0.5) is 20.2 Å². The minimum atomic E-state index is -0.662. The molecule has 4 N–H and O–H groups in total. The average Bonchev–Trinajstić information content (AvgIpc) is 3.31.